The highest BCUT2D eigenvalue weighted by molar-refractivity contribution is 6.10. The van der Waals surface area contributed by atoms with Gasteiger partial charge in [-0.2, -0.15) is 0 Å². The van der Waals surface area contributed by atoms with Gasteiger partial charge in [0.15, 0.2) is 0 Å². The normalized spacial score (nSPS) is 11.1. The van der Waals surface area contributed by atoms with Crippen LogP contribution in [0, 0.1) is 0 Å². The molecule has 0 amide bonds. The molecule has 4 nitrogen and oxygen atoms in total. The second-order valence-electron chi connectivity index (χ2n) is 14.3. The molecule has 0 spiro atoms. The van der Waals surface area contributed by atoms with Crippen molar-refractivity contribution in [3.05, 3.63) is 243 Å². The molecule has 58 heavy (non-hydrogen) atoms. The topological polar surface area (TPSA) is 14.7 Å². The summed E-state index contributed by atoms with van der Waals surface area (Å²) in [4.78, 5) is 7.02. The van der Waals surface area contributed by atoms with Gasteiger partial charge in [-0.1, -0.05) is 127 Å². The molecule has 0 fully saturated rings. The van der Waals surface area contributed by atoms with E-state index in [2.05, 4.69) is 262 Å². The van der Waals surface area contributed by atoms with Crippen molar-refractivity contribution < 1.29 is 0 Å². The molecule has 1 heterocycles. The molecule has 0 unspecified atom stereocenters. The van der Waals surface area contributed by atoms with Crippen LogP contribution < -0.4 is 14.7 Å². The van der Waals surface area contributed by atoms with Crippen LogP contribution in [0.3, 0.4) is 0 Å². The van der Waals surface area contributed by atoms with Gasteiger partial charge in [-0.25, -0.2) is 0 Å². The maximum atomic E-state index is 2.38. The number of hydrogen-bond acceptors (Lipinski definition) is 3. The Kier molecular flexibility index (Phi) is 9.18. The lowest BCUT2D eigenvalue weighted by Crippen LogP contribution is -2.14. The third-order valence-electron chi connectivity index (χ3n) is 10.7. The zero-order valence-corrected chi connectivity index (χ0v) is 31.9. The summed E-state index contributed by atoms with van der Waals surface area (Å²) in [6.07, 6.45) is 0. The molecular formula is C54H40N4. The number of rotatable bonds is 10. The molecule has 0 bridgehead atoms. The Labute approximate surface area is 339 Å². The van der Waals surface area contributed by atoms with Crippen LogP contribution >= 0.6 is 0 Å². The van der Waals surface area contributed by atoms with Crippen LogP contribution in [0.25, 0.3) is 27.5 Å². The van der Waals surface area contributed by atoms with Gasteiger partial charge in [-0.3, -0.25) is 0 Å². The summed E-state index contributed by atoms with van der Waals surface area (Å²) < 4.78 is 2.38. The van der Waals surface area contributed by atoms with Crippen LogP contribution in [0.15, 0.2) is 243 Å². The van der Waals surface area contributed by atoms with Gasteiger partial charge >= 0.3 is 0 Å². The fraction of sp³-hybridized carbons (Fsp3) is 0. The average molecular weight is 745 g/mol. The summed E-state index contributed by atoms with van der Waals surface area (Å²) in [7, 11) is 0. The van der Waals surface area contributed by atoms with Crippen LogP contribution in [0.4, 0.5) is 51.2 Å². The Balaban J connectivity index is 1.13. The molecule has 4 heteroatoms. The highest BCUT2D eigenvalue weighted by Crippen LogP contribution is 2.44. The summed E-state index contributed by atoms with van der Waals surface area (Å²) in [5.74, 6) is 0. The van der Waals surface area contributed by atoms with Gasteiger partial charge < -0.3 is 19.3 Å². The van der Waals surface area contributed by atoms with Crippen molar-refractivity contribution in [3.63, 3.8) is 0 Å². The van der Waals surface area contributed by atoms with Gasteiger partial charge in [0.2, 0.25) is 0 Å². The van der Waals surface area contributed by atoms with Gasteiger partial charge in [0, 0.05) is 67.6 Å². The summed E-state index contributed by atoms with van der Waals surface area (Å²) in [5.41, 5.74) is 13.1. The molecule has 10 aromatic rings. The molecule has 10 rings (SSSR count). The zero-order chi connectivity index (χ0) is 38.7. The maximum Gasteiger partial charge on any atom is 0.0561 e. The number of anilines is 9. The van der Waals surface area contributed by atoms with Crippen LogP contribution in [0.1, 0.15) is 0 Å². The minimum absolute atomic E-state index is 1.05. The lowest BCUT2D eigenvalue weighted by molar-refractivity contribution is 1.18. The Morgan fingerprint density at radius 1 is 0.224 bits per heavy atom. The summed E-state index contributed by atoms with van der Waals surface area (Å²) >= 11 is 0. The van der Waals surface area contributed by atoms with E-state index < -0.39 is 0 Å². The van der Waals surface area contributed by atoms with Crippen molar-refractivity contribution in [2.75, 3.05) is 14.7 Å². The van der Waals surface area contributed by atoms with E-state index in [9.17, 15) is 0 Å². The predicted molar refractivity (Wildman–Crippen MR) is 245 cm³/mol. The Hall–Kier alpha value is -7.82. The third kappa shape index (κ3) is 6.53. The molecule has 1 aromatic heterocycles. The molecule has 0 aliphatic rings. The number of para-hydroxylation sites is 6. The summed E-state index contributed by atoms with van der Waals surface area (Å²) in [6.45, 7) is 0. The highest BCUT2D eigenvalue weighted by Gasteiger charge is 2.21. The van der Waals surface area contributed by atoms with Crippen LogP contribution in [0.5, 0.6) is 0 Å². The van der Waals surface area contributed by atoms with Gasteiger partial charge in [-0.15, -0.1) is 0 Å². The van der Waals surface area contributed by atoms with E-state index >= 15 is 0 Å². The van der Waals surface area contributed by atoms with Crippen molar-refractivity contribution in [2.45, 2.75) is 0 Å². The minimum atomic E-state index is 1.05. The van der Waals surface area contributed by atoms with Crippen molar-refractivity contribution in [1.82, 2.24) is 4.57 Å². The molecule has 0 saturated heterocycles. The van der Waals surface area contributed by atoms with E-state index in [0.717, 1.165) is 62.4 Å². The molecule has 0 saturated carbocycles. The van der Waals surface area contributed by atoms with Crippen molar-refractivity contribution in [1.29, 1.82) is 0 Å². The maximum absolute atomic E-state index is 2.38. The van der Waals surface area contributed by atoms with Crippen LogP contribution in [0.2, 0.25) is 0 Å². The van der Waals surface area contributed by atoms with Gasteiger partial charge in [0.1, 0.15) is 0 Å². The smallest absolute Gasteiger partial charge is 0.0561 e. The lowest BCUT2D eigenvalue weighted by atomic mass is 10.1. The molecule has 0 aliphatic heterocycles. The first-order valence-electron chi connectivity index (χ1n) is 19.7. The minimum Gasteiger partial charge on any atom is -0.310 e. The SMILES string of the molecule is c1ccc(N(c2ccccc2)c2cccc(N(c3ccccc3)c3cccc(N(c4ccccc4)c4ccc5c6ccccc6n(-c6ccccc6)c5c4)c3)c2)cc1. The average Bonchev–Trinajstić information content (AvgIpc) is 3.62. The zero-order valence-electron chi connectivity index (χ0n) is 31.9. The number of aromatic nitrogens is 1. The van der Waals surface area contributed by atoms with Gasteiger partial charge in [-0.05, 0) is 115 Å². The van der Waals surface area contributed by atoms with E-state index in [-0.39, 0.29) is 0 Å². The van der Waals surface area contributed by atoms with E-state index in [1.54, 1.807) is 0 Å². The molecule has 0 atom stereocenters. The Bertz CT molecular complexity index is 2910. The molecule has 0 aliphatic carbocycles. The number of fused-ring (bicyclic) bond motifs is 3. The monoisotopic (exact) mass is 744 g/mol. The van der Waals surface area contributed by atoms with Crippen molar-refractivity contribution in [2.24, 2.45) is 0 Å². The van der Waals surface area contributed by atoms with Gasteiger partial charge in [0.05, 0.1) is 11.0 Å². The Morgan fingerprint density at radius 3 is 1.00 bits per heavy atom. The first-order chi connectivity index (χ1) is 28.8. The van der Waals surface area contributed by atoms with E-state index in [4.69, 9.17) is 0 Å². The third-order valence-corrected chi connectivity index (χ3v) is 10.7. The van der Waals surface area contributed by atoms with E-state index in [1.807, 2.05) is 0 Å². The van der Waals surface area contributed by atoms with Gasteiger partial charge in [0.25, 0.3) is 0 Å². The quantitative estimate of drug-likeness (QED) is 0.139. The van der Waals surface area contributed by atoms with E-state index in [0.29, 0.717) is 0 Å². The first-order valence-corrected chi connectivity index (χ1v) is 19.7. The second-order valence-corrected chi connectivity index (χ2v) is 14.3. The molecular weight excluding hydrogens is 705 g/mol. The molecule has 0 N–H and O–H groups in total. The summed E-state index contributed by atoms with van der Waals surface area (Å²) in [6, 6.07) is 86.3. The molecule has 276 valence electrons. The lowest BCUT2D eigenvalue weighted by Gasteiger charge is -2.31. The van der Waals surface area contributed by atoms with Crippen molar-refractivity contribution in [3.8, 4) is 5.69 Å². The fourth-order valence-electron chi connectivity index (χ4n) is 8.15. The largest absolute Gasteiger partial charge is 0.310 e. The standard InChI is InChI=1S/C54H40N4/c1-6-20-41(21-7-1)55(42-22-8-2-9-23-42)46-30-18-31-47(38-46)56(43-24-10-3-11-25-43)48-32-19-33-49(39-48)57(44-26-12-4-13-27-44)50-36-37-52-51-34-16-17-35-53(51)58(54(52)40-50)45-28-14-5-15-29-45/h1-40H. The summed E-state index contributed by atoms with van der Waals surface area (Å²) in [5, 5.41) is 2.46. The van der Waals surface area contributed by atoms with Crippen LogP contribution in [-0.2, 0) is 0 Å². The molecule has 0 radical (unpaired) electrons. The number of hydrogen-bond donors (Lipinski definition) is 0. The van der Waals surface area contributed by atoms with Crippen molar-refractivity contribution >= 4 is 73.0 Å². The predicted octanol–water partition coefficient (Wildman–Crippen LogP) is 15.2. The Morgan fingerprint density at radius 2 is 0.552 bits per heavy atom. The number of nitrogens with zero attached hydrogens (tertiary/aromatic N) is 4. The second kappa shape index (κ2) is 15.4. The fourth-order valence-corrected chi connectivity index (χ4v) is 8.15. The first kappa shape index (κ1) is 34.7. The van der Waals surface area contributed by atoms with Crippen LogP contribution in [-0.4, -0.2) is 4.57 Å². The number of benzene rings is 9. The molecule has 9 aromatic carbocycles. The highest BCUT2D eigenvalue weighted by atomic mass is 15.2. The van der Waals surface area contributed by atoms with E-state index in [1.165, 1.54) is 16.3 Å².